The van der Waals surface area contributed by atoms with E-state index in [4.69, 9.17) is 4.98 Å². The number of carbonyl (C=O) groups excluding carboxylic acids is 1. The minimum Gasteiger partial charge on any atom is -0.346 e. The first kappa shape index (κ1) is 18.6. The van der Waals surface area contributed by atoms with Crippen LogP contribution in [0.3, 0.4) is 0 Å². The quantitative estimate of drug-likeness (QED) is 0.510. The Balaban J connectivity index is 1.49. The van der Waals surface area contributed by atoms with Gasteiger partial charge < -0.3 is 9.88 Å². The second-order valence-electron chi connectivity index (χ2n) is 6.53. The molecule has 0 aliphatic carbocycles. The van der Waals surface area contributed by atoms with Crippen LogP contribution < -0.4 is 5.32 Å². The fraction of sp³-hybridized carbons (Fsp3) is 0.190. The van der Waals surface area contributed by atoms with Gasteiger partial charge in [-0.25, -0.2) is 9.97 Å². The molecular formula is C21H20N4OS2. The first-order valence-electron chi connectivity index (χ1n) is 8.94. The number of carbonyl (C=O) groups is 1. The van der Waals surface area contributed by atoms with Crippen LogP contribution in [0, 0.1) is 20.8 Å². The highest BCUT2D eigenvalue weighted by Crippen LogP contribution is 2.30. The average molecular weight is 409 g/mol. The highest BCUT2D eigenvalue weighted by molar-refractivity contribution is 7.16. The Bertz CT molecular complexity index is 1130. The maximum absolute atomic E-state index is 12.7. The van der Waals surface area contributed by atoms with Crippen LogP contribution in [0.4, 0.5) is 0 Å². The predicted molar refractivity (Wildman–Crippen MR) is 114 cm³/mol. The largest absolute Gasteiger partial charge is 0.346 e. The third kappa shape index (κ3) is 3.63. The van der Waals surface area contributed by atoms with Crippen molar-refractivity contribution in [2.75, 3.05) is 0 Å². The van der Waals surface area contributed by atoms with E-state index in [9.17, 15) is 4.79 Å². The van der Waals surface area contributed by atoms with Gasteiger partial charge >= 0.3 is 0 Å². The van der Waals surface area contributed by atoms with Gasteiger partial charge in [0.05, 0.1) is 17.9 Å². The van der Waals surface area contributed by atoms with E-state index in [1.807, 2.05) is 55.1 Å². The number of nitrogens with zero attached hydrogens (tertiary/aromatic N) is 3. The lowest BCUT2D eigenvalue weighted by Gasteiger charge is -2.02. The molecule has 1 amide bonds. The number of aromatic nitrogens is 3. The van der Waals surface area contributed by atoms with E-state index >= 15 is 0 Å². The summed E-state index contributed by atoms with van der Waals surface area (Å²) < 4.78 is 1.91. The third-order valence-electron chi connectivity index (χ3n) is 4.49. The molecule has 3 heterocycles. The molecule has 3 aromatic heterocycles. The minimum atomic E-state index is -0.0985. The van der Waals surface area contributed by atoms with Crippen molar-refractivity contribution in [3.63, 3.8) is 0 Å². The molecule has 0 spiro atoms. The SMILES string of the molecule is Cc1ccccc1-c1nc(C)c(CNC(=O)c2sc(-n3cccc3)nc2C)s1. The summed E-state index contributed by atoms with van der Waals surface area (Å²) in [6.07, 6.45) is 3.85. The molecule has 0 saturated carbocycles. The van der Waals surface area contributed by atoms with Crippen LogP contribution in [0.5, 0.6) is 0 Å². The lowest BCUT2D eigenvalue weighted by atomic mass is 10.1. The van der Waals surface area contributed by atoms with Crippen molar-refractivity contribution >= 4 is 28.6 Å². The Hall–Kier alpha value is -2.77. The van der Waals surface area contributed by atoms with E-state index in [1.54, 1.807) is 11.3 Å². The van der Waals surface area contributed by atoms with Gasteiger partial charge in [-0.2, -0.15) is 0 Å². The summed E-state index contributed by atoms with van der Waals surface area (Å²) in [4.78, 5) is 23.6. The van der Waals surface area contributed by atoms with Crippen molar-refractivity contribution in [3.05, 3.63) is 75.5 Å². The van der Waals surface area contributed by atoms with E-state index in [0.717, 1.165) is 32.0 Å². The van der Waals surface area contributed by atoms with Gasteiger partial charge in [0.15, 0.2) is 5.13 Å². The molecule has 1 N–H and O–H groups in total. The van der Waals surface area contributed by atoms with Crippen molar-refractivity contribution in [1.29, 1.82) is 0 Å². The smallest absolute Gasteiger partial charge is 0.263 e. The highest BCUT2D eigenvalue weighted by atomic mass is 32.1. The van der Waals surface area contributed by atoms with Gasteiger partial charge in [-0.3, -0.25) is 4.79 Å². The molecule has 0 aliphatic rings. The number of amides is 1. The fourth-order valence-corrected chi connectivity index (χ4v) is 4.97. The van der Waals surface area contributed by atoms with E-state index in [2.05, 4.69) is 29.4 Å². The maximum Gasteiger partial charge on any atom is 0.263 e. The van der Waals surface area contributed by atoms with Crippen LogP contribution in [0.1, 0.15) is 31.5 Å². The number of benzene rings is 1. The molecule has 0 radical (unpaired) electrons. The maximum atomic E-state index is 12.7. The molecule has 4 rings (SSSR count). The molecule has 142 valence electrons. The molecule has 28 heavy (non-hydrogen) atoms. The fourth-order valence-electron chi connectivity index (χ4n) is 2.93. The van der Waals surface area contributed by atoms with Crippen molar-refractivity contribution in [1.82, 2.24) is 19.9 Å². The zero-order valence-electron chi connectivity index (χ0n) is 15.9. The lowest BCUT2D eigenvalue weighted by Crippen LogP contribution is -2.22. The number of rotatable bonds is 5. The Morgan fingerprint density at radius 3 is 2.50 bits per heavy atom. The van der Waals surface area contributed by atoms with E-state index in [-0.39, 0.29) is 5.91 Å². The van der Waals surface area contributed by atoms with Crippen molar-refractivity contribution < 1.29 is 4.79 Å². The summed E-state index contributed by atoms with van der Waals surface area (Å²) in [5.74, 6) is -0.0985. The van der Waals surface area contributed by atoms with Crippen LogP contribution in [-0.4, -0.2) is 20.4 Å². The molecule has 0 fully saturated rings. The zero-order chi connectivity index (χ0) is 19.7. The molecule has 0 atom stereocenters. The second kappa shape index (κ2) is 7.69. The molecular weight excluding hydrogens is 388 g/mol. The summed E-state index contributed by atoms with van der Waals surface area (Å²) in [5.41, 5.74) is 4.04. The molecule has 1 aromatic carbocycles. The van der Waals surface area contributed by atoms with Crippen LogP contribution >= 0.6 is 22.7 Å². The van der Waals surface area contributed by atoms with Gasteiger partial charge in [-0.1, -0.05) is 35.6 Å². The molecule has 7 heteroatoms. The molecule has 0 bridgehead atoms. The van der Waals surface area contributed by atoms with Crippen molar-refractivity contribution in [2.24, 2.45) is 0 Å². The van der Waals surface area contributed by atoms with Gasteiger partial charge in [-0.05, 0) is 38.5 Å². The van der Waals surface area contributed by atoms with Crippen molar-refractivity contribution in [3.8, 4) is 15.7 Å². The summed E-state index contributed by atoms with van der Waals surface area (Å²) >= 11 is 3.03. The molecule has 0 unspecified atom stereocenters. The minimum absolute atomic E-state index is 0.0985. The number of hydrogen-bond acceptors (Lipinski definition) is 5. The van der Waals surface area contributed by atoms with Crippen LogP contribution in [0.15, 0.2) is 48.8 Å². The van der Waals surface area contributed by atoms with Crippen LogP contribution in [0.2, 0.25) is 0 Å². The molecule has 0 aliphatic heterocycles. The van der Waals surface area contributed by atoms with Crippen LogP contribution in [0.25, 0.3) is 15.7 Å². The van der Waals surface area contributed by atoms with Gasteiger partial charge in [-0.15, -0.1) is 11.3 Å². The predicted octanol–water partition coefficient (Wildman–Crippen LogP) is 4.91. The number of nitrogens with one attached hydrogen (secondary N) is 1. The Labute approximate surface area is 171 Å². The average Bonchev–Trinajstić information content (AvgIpc) is 3.40. The summed E-state index contributed by atoms with van der Waals surface area (Å²) in [6, 6.07) is 12.1. The zero-order valence-corrected chi connectivity index (χ0v) is 17.5. The number of aryl methyl sites for hydroxylation is 3. The summed E-state index contributed by atoms with van der Waals surface area (Å²) in [7, 11) is 0. The topological polar surface area (TPSA) is 59.8 Å². The van der Waals surface area contributed by atoms with Gasteiger partial charge in [0.1, 0.15) is 9.88 Å². The second-order valence-corrected chi connectivity index (χ2v) is 8.59. The van der Waals surface area contributed by atoms with Crippen molar-refractivity contribution in [2.45, 2.75) is 27.3 Å². The first-order chi connectivity index (χ1) is 13.5. The third-order valence-corrected chi connectivity index (χ3v) is 6.85. The summed E-state index contributed by atoms with van der Waals surface area (Å²) in [5, 5.41) is 4.81. The Morgan fingerprint density at radius 1 is 1.00 bits per heavy atom. The highest BCUT2D eigenvalue weighted by Gasteiger charge is 2.17. The molecule has 0 saturated heterocycles. The monoisotopic (exact) mass is 408 g/mol. The van der Waals surface area contributed by atoms with E-state index in [1.165, 1.54) is 16.9 Å². The first-order valence-corrected chi connectivity index (χ1v) is 10.6. The Kier molecular flexibility index (Phi) is 5.11. The van der Waals surface area contributed by atoms with Crippen LogP contribution in [-0.2, 0) is 6.54 Å². The van der Waals surface area contributed by atoms with E-state index in [0.29, 0.717) is 11.4 Å². The van der Waals surface area contributed by atoms with Gasteiger partial charge in [0, 0.05) is 22.8 Å². The Morgan fingerprint density at radius 2 is 1.75 bits per heavy atom. The van der Waals surface area contributed by atoms with Gasteiger partial charge in [0.25, 0.3) is 5.91 Å². The van der Waals surface area contributed by atoms with E-state index < -0.39 is 0 Å². The molecule has 5 nitrogen and oxygen atoms in total. The summed E-state index contributed by atoms with van der Waals surface area (Å²) in [6.45, 7) is 6.40. The van der Waals surface area contributed by atoms with Gasteiger partial charge in [0.2, 0.25) is 0 Å². The molecule has 4 aromatic rings. The lowest BCUT2D eigenvalue weighted by molar-refractivity contribution is 0.0954. The normalized spacial score (nSPS) is 11.0. The number of hydrogen-bond donors (Lipinski definition) is 1. The number of thiazole rings is 2. The standard InChI is InChI=1S/C21H20N4OS2/c1-13-8-4-5-9-16(13)20-23-14(2)17(27-20)12-22-19(26)18-15(3)24-21(28-18)25-10-6-7-11-25/h4-11H,12H2,1-3H3,(H,22,26).